The van der Waals surface area contributed by atoms with Crippen molar-refractivity contribution < 1.29 is 5.11 Å². The van der Waals surface area contributed by atoms with E-state index in [1.165, 1.54) is 5.56 Å². The average Bonchev–Trinajstić information content (AvgIpc) is 3.02. The largest absolute Gasteiger partial charge is 0.508 e. The van der Waals surface area contributed by atoms with Gasteiger partial charge in [-0.25, -0.2) is 0 Å². The van der Waals surface area contributed by atoms with Crippen molar-refractivity contribution in [1.29, 1.82) is 0 Å². The number of phenolic OH excluding ortho intramolecular Hbond substituents is 1. The number of aromatic hydroxyl groups is 1. The summed E-state index contributed by atoms with van der Waals surface area (Å²) in [5, 5.41) is 18.0. The zero-order valence-corrected chi connectivity index (χ0v) is 14.2. The van der Waals surface area contributed by atoms with Gasteiger partial charge in [0.25, 0.3) is 0 Å². The first-order valence-electron chi connectivity index (χ1n) is 8.47. The van der Waals surface area contributed by atoms with E-state index in [0.717, 1.165) is 27.6 Å². The van der Waals surface area contributed by atoms with Crippen LogP contribution >= 0.6 is 0 Å². The molecule has 1 heterocycles. The van der Waals surface area contributed by atoms with Crippen molar-refractivity contribution in [1.82, 2.24) is 10.2 Å². The van der Waals surface area contributed by atoms with Crippen LogP contribution in [0.25, 0.3) is 22.0 Å². The van der Waals surface area contributed by atoms with Gasteiger partial charge in [-0.1, -0.05) is 36.4 Å². The van der Waals surface area contributed by atoms with E-state index in [1.54, 1.807) is 12.1 Å². The van der Waals surface area contributed by atoms with Crippen molar-refractivity contribution in [2.45, 2.75) is 12.5 Å². The number of anilines is 1. The molecule has 1 atom stereocenters. The van der Waals surface area contributed by atoms with Gasteiger partial charge in [-0.3, -0.25) is 5.10 Å². The standard InChI is InChI=1S/C21H20N4O/c22-19(8-13-4-2-1-3-5-13)16-9-15(10-17(26)11-16)14-6-7-18-20(12-14)24-25-21(18)23/h1-7,9-12,19,26H,8,22H2,(H3,23,24,25). The lowest BCUT2D eigenvalue weighted by Crippen LogP contribution is -2.13. The van der Waals surface area contributed by atoms with Crippen molar-refractivity contribution in [2.24, 2.45) is 5.73 Å². The Balaban J connectivity index is 1.68. The van der Waals surface area contributed by atoms with Gasteiger partial charge in [0.2, 0.25) is 0 Å². The molecule has 0 radical (unpaired) electrons. The summed E-state index contributed by atoms with van der Waals surface area (Å²) in [5.41, 5.74) is 17.0. The zero-order chi connectivity index (χ0) is 18.1. The second-order valence-electron chi connectivity index (χ2n) is 6.48. The van der Waals surface area contributed by atoms with Crippen molar-refractivity contribution >= 4 is 16.7 Å². The van der Waals surface area contributed by atoms with Crippen LogP contribution in [0.2, 0.25) is 0 Å². The Morgan fingerprint density at radius 1 is 0.962 bits per heavy atom. The minimum Gasteiger partial charge on any atom is -0.508 e. The molecule has 4 rings (SSSR count). The summed E-state index contributed by atoms with van der Waals surface area (Å²) in [6.07, 6.45) is 0.708. The van der Waals surface area contributed by atoms with Gasteiger partial charge in [0.05, 0.1) is 5.52 Å². The number of rotatable bonds is 4. The number of aromatic nitrogens is 2. The third-order valence-electron chi connectivity index (χ3n) is 4.59. The minimum absolute atomic E-state index is 0.199. The molecular weight excluding hydrogens is 324 g/mol. The first-order valence-corrected chi connectivity index (χ1v) is 8.47. The fourth-order valence-electron chi connectivity index (χ4n) is 3.22. The number of hydrogen-bond acceptors (Lipinski definition) is 4. The molecular formula is C21H20N4O. The molecule has 0 aliphatic heterocycles. The second-order valence-corrected chi connectivity index (χ2v) is 6.48. The van der Waals surface area contributed by atoms with Gasteiger partial charge in [0.15, 0.2) is 5.82 Å². The molecule has 4 aromatic rings. The van der Waals surface area contributed by atoms with Crippen molar-refractivity contribution in [3.8, 4) is 16.9 Å². The van der Waals surface area contributed by atoms with Gasteiger partial charge in [-0.2, -0.15) is 5.10 Å². The van der Waals surface area contributed by atoms with E-state index >= 15 is 0 Å². The fraction of sp³-hybridized carbons (Fsp3) is 0.0952. The molecule has 6 N–H and O–H groups in total. The zero-order valence-electron chi connectivity index (χ0n) is 14.2. The average molecular weight is 344 g/mol. The maximum atomic E-state index is 10.2. The summed E-state index contributed by atoms with van der Waals surface area (Å²) in [4.78, 5) is 0. The Morgan fingerprint density at radius 2 is 1.77 bits per heavy atom. The maximum Gasteiger partial charge on any atom is 0.153 e. The first kappa shape index (κ1) is 16.2. The highest BCUT2D eigenvalue weighted by Crippen LogP contribution is 2.31. The number of nitrogen functional groups attached to an aromatic ring is 1. The molecule has 26 heavy (non-hydrogen) atoms. The van der Waals surface area contributed by atoms with E-state index in [1.807, 2.05) is 42.5 Å². The second kappa shape index (κ2) is 6.54. The minimum atomic E-state index is -0.199. The van der Waals surface area contributed by atoms with Crippen LogP contribution in [0, 0.1) is 0 Å². The van der Waals surface area contributed by atoms with Gasteiger partial charge in [0, 0.05) is 11.4 Å². The summed E-state index contributed by atoms with van der Waals surface area (Å²) in [7, 11) is 0. The number of hydrogen-bond donors (Lipinski definition) is 4. The Kier molecular flexibility index (Phi) is 4.07. The summed E-state index contributed by atoms with van der Waals surface area (Å²) in [6, 6.07) is 21.3. The van der Waals surface area contributed by atoms with Crippen LogP contribution in [-0.4, -0.2) is 15.3 Å². The smallest absolute Gasteiger partial charge is 0.153 e. The molecule has 0 aliphatic carbocycles. The van der Waals surface area contributed by atoms with Crippen LogP contribution in [0.15, 0.2) is 66.7 Å². The predicted molar refractivity (Wildman–Crippen MR) is 105 cm³/mol. The van der Waals surface area contributed by atoms with Crippen LogP contribution in [0.5, 0.6) is 5.75 Å². The summed E-state index contributed by atoms with van der Waals surface area (Å²) in [5.74, 6) is 0.679. The molecule has 5 heteroatoms. The molecule has 0 bridgehead atoms. The number of fused-ring (bicyclic) bond motifs is 1. The summed E-state index contributed by atoms with van der Waals surface area (Å²) in [6.45, 7) is 0. The summed E-state index contributed by atoms with van der Waals surface area (Å²) < 4.78 is 0. The van der Waals surface area contributed by atoms with Crippen LogP contribution in [0.1, 0.15) is 17.2 Å². The van der Waals surface area contributed by atoms with Crippen LogP contribution in [0.4, 0.5) is 5.82 Å². The third kappa shape index (κ3) is 3.12. The summed E-state index contributed by atoms with van der Waals surface area (Å²) >= 11 is 0. The quantitative estimate of drug-likeness (QED) is 0.453. The normalized spacial score (nSPS) is 12.3. The molecule has 0 spiro atoms. The molecule has 5 nitrogen and oxygen atoms in total. The molecule has 1 unspecified atom stereocenters. The van der Waals surface area contributed by atoms with Crippen LogP contribution < -0.4 is 11.5 Å². The highest BCUT2D eigenvalue weighted by atomic mass is 16.3. The number of phenols is 1. The molecule has 130 valence electrons. The highest BCUT2D eigenvalue weighted by Gasteiger charge is 2.12. The molecule has 1 aromatic heterocycles. The number of nitrogens with one attached hydrogen (secondary N) is 1. The lowest BCUT2D eigenvalue weighted by Gasteiger charge is -2.14. The van der Waals surface area contributed by atoms with Crippen molar-refractivity contribution in [3.63, 3.8) is 0 Å². The maximum absolute atomic E-state index is 10.2. The van der Waals surface area contributed by atoms with Gasteiger partial charge in [-0.05, 0) is 59.0 Å². The van der Waals surface area contributed by atoms with Gasteiger partial charge >= 0.3 is 0 Å². The van der Waals surface area contributed by atoms with Crippen molar-refractivity contribution in [2.75, 3.05) is 5.73 Å². The number of aromatic amines is 1. The molecule has 3 aromatic carbocycles. The Morgan fingerprint density at radius 3 is 2.58 bits per heavy atom. The van der Waals surface area contributed by atoms with Gasteiger partial charge in [0.1, 0.15) is 5.75 Å². The lowest BCUT2D eigenvalue weighted by molar-refractivity contribution is 0.474. The van der Waals surface area contributed by atoms with Crippen LogP contribution in [-0.2, 0) is 6.42 Å². The van der Waals surface area contributed by atoms with E-state index < -0.39 is 0 Å². The Hall–Kier alpha value is -3.31. The van der Waals surface area contributed by atoms with Gasteiger partial charge in [-0.15, -0.1) is 0 Å². The molecule has 0 amide bonds. The fourth-order valence-corrected chi connectivity index (χ4v) is 3.22. The van der Waals surface area contributed by atoms with Crippen LogP contribution in [0.3, 0.4) is 0 Å². The predicted octanol–water partition coefficient (Wildman–Crippen LogP) is 3.76. The number of nitrogens with two attached hydrogens (primary N) is 2. The highest BCUT2D eigenvalue weighted by molar-refractivity contribution is 5.91. The SMILES string of the molecule is Nc1n[nH]c2cc(-c3cc(O)cc(C(N)Cc4ccccc4)c3)ccc12. The monoisotopic (exact) mass is 344 g/mol. The van der Waals surface area contributed by atoms with E-state index in [2.05, 4.69) is 22.3 Å². The molecule has 0 saturated heterocycles. The Bertz CT molecular complexity index is 1060. The van der Waals surface area contributed by atoms with E-state index in [0.29, 0.717) is 12.2 Å². The Labute approximate surface area is 151 Å². The van der Waals surface area contributed by atoms with E-state index in [9.17, 15) is 5.11 Å². The number of H-pyrrole nitrogens is 1. The first-order chi connectivity index (χ1) is 12.6. The van der Waals surface area contributed by atoms with Crippen molar-refractivity contribution in [3.05, 3.63) is 77.9 Å². The molecule has 0 fully saturated rings. The number of benzene rings is 3. The lowest BCUT2D eigenvalue weighted by atomic mass is 9.95. The molecule has 0 saturated carbocycles. The topological polar surface area (TPSA) is 101 Å². The number of nitrogens with zero attached hydrogens (tertiary/aromatic N) is 1. The van der Waals surface area contributed by atoms with Gasteiger partial charge < -0.3 is 16.6 Å². The molecule has 0 aliphatic rings. The van der Waals surface area contributed by atoms with E-state index in [4.69, 9.17) is 11.5 Å². The third-order valence-corrected chi connectivity index (χ3v) is 4.59. The van der Waals surface area contributed by atoms with E-state index in [-0.39, 0.29) is 11.8 Å².